The number of carbonyl (C=O) groups excluding carboxylic acids is 2. The molecule has 2 N–H and O–H groups in total. The SMILES string of the molecule is COc1cc(C(=O)NNC(=O)c2ccc(Cn3cncn3)cc2)ccc1OCCC(C)C. The van der Waals surface area contributed by atoms with Crippen molar-refractivity contribution in [3.63, 3.8) is 0 Å². The largest absolute Gasteiger partial charge is 0.493 e. The Bertz CT molecular complexity index is 1030. The van der Waals surface area contributed by atoms with E-state index in [1.54, 1.807) is 41.3 Å². The maximum Gasteiger partial charge on any atom is 0.269 e. The van der Waals surface area contributed by atoms with Gasteiger partial charge in [-0.25, -0.2) is 9.67 Å². The van der Waals surface area contributed by atoms with E-state index < -0.39 is 11.8 Å². The van der Waals surface area contributed by atoms with Gasteiger partial charge in [-0.15, -0.1) is 0 Å². The second kappa shape index (κ2) is 10.9. The molecule has 9 heteroatoms. The molecule has 1 aromatic heterocycles. The van der Waals surface area contributed by atoms with E-state index in [0.717, 1.165) is 12.0 Å². The Morgan fingerprint density at radius 3 is 2.31 bits per heavy atom. The molecule has 2 amide bonds. The molecule has 9 nitrogen and oxygen atoms in total. The van der Waals surface area contributed by atoms with Crippen LogP contribution in [-0.4, -0.2) is 40.3 Å². The summed E-state index contributed by atoms with van der Waals surface area (Å²) in [5.41, 5.74) is 6.56. The van der Waals surface area contributed by atoms with Crippen molar-refractivity contribution in [2.24, 2.45) is 5.92 Å². The van der Waals surface area contributed by atoms with Crippen LogP contribution in [-0.2, 0) is 6.54 Å². The summed E-state index contributed by atoms with van der Waals surface area (Å²) in [5.74, 6) is 0.661. The van der Waals surface area contributed by atoms with E-state index in [1.807, 2.05) is 12.1 Å². The van der Waals surface area contributed by atoms with Crippen molar-refractivity contribution in [1.29, 1.82) is 0 Å². The molecule has 0 aliphatic heterocycles. The topological polar surface area (TPSA) is 107 Å². The number of carbonyl (C=O) groups is 2. The minimum absolute atomic E-state index is 0.335. The number of rotatable bonds is 9. The maximum atomic E-state index is 12.5. The molecule has 32 heavy (non-hydrogen) atoms. The molecule has 3 aromatic rings. The van der Waals surface area contributed by atoms with Crippen LogP contribution in [0.5, 0.6) is 11.5 Å². The number of benzene rings is 2. The molecule has 1 heterocycles. The molecule has 2 aromatic carbocycles. The second-order valence-electron chi connectivity index (χ2n) is 7.59. The first-order valence-corrected chi connectivity index (χ1v) is 10.3. The molecule has 0 unspecified atom stereocenters. The van der Waals surface area contributed by atoms with Gasteiger partial charge in [0.1, 0.15) is 12.7 Å². The van der Waals surface area contributed by atoms with Crippen LogP contribution in [0.4, 0.5) is 0 Å². The van der Waals surface area contributed by atoms with Crippen LogP contribution in [0.2, 0.25) is 0 Å². The summed E-state index contributed by atoms with van der Waals surface area (Å²) in [6.07, 6.45) is 4.00. The summed E-state index contributed by atoms with van der Waals surface area (Å²) in [5, 5.41) is 4.05. The average Bonchev–Trinajstić information content (AvgIpc) is 3.30. The summed E-state index contributed by atoms with van der Waals surface area (Å²) in [7, 11) is 1.51. The molecular formula is C23H27N5O4. The standard InChI is InChI=1S/C23H27N5O4/c1-16(2)10-11-32-20-9-8-19(12-21(20)31-3)23(30)27-26-22(29)18-6-4-17(5-7-18)13-28-15-24-14-25-28/h4-9,12,14-16H,10-11,13H2,1-3H3,(H,26,29)(H,27,30). The lowest BCUT2D eigenvalue weighted by molar-refractivity contribution is 0.0846. The lowest BCUT2D eigenvalue weighted by atomic mass is 10.1. The first-order chi connectivity index (χ1) is 15.5. The van der Waals surface area contributed by atoms with Gasteiger partial charge in [0.15, 0.2) is 11.5 Å². The van der Waals surface area contributed by atoms with E-state index in [4.69, 9.17) is 9.47 Å². The Kier molecular flexibility index (Phi) is 7.80. The molecule has 0 radical (unpaired) electrons. The van der Waals surface area contributed by atoms with Crippen LogP contribution in [0.1, 0.15) is 46.5 Å². The van der Waals surface area contributed by atoms with Gasteiger partial charge < -0.3 is 9.47 Å². The summed E-state index contributed by atoms with van der Waals surface area (Å²) in [6.45, 7) is 5.36. The molecule has 0 saturated heterocycles. The van der Waals surface area contributed by atoms with E-state index in [9.17, 15) is 9.59 Å². The van der Waals surface area contributed by atoms with E-state index in [2.05, 4.69) is 34.8 Å². The molecule has 0 atom stereocenters. The highest BCUT2D eigenvalue weighted by molar-refractivity contribution is 5.99. The highest BCUT2D eigenvalue weighted by atomic mass is 16.5. The van der Waals surface area contributed by atoms with Crippen LogP contribution >= 0.6 is 0 Å². The van der Waals surface area contributed by atoms with Crippen LogP contribution in [0.15, 0.2) is 55.1 Å². The highest BCUT2D eigenvalue weighted by Crippen LogP contribution is 2.28. The number of nitrogens with one attached hydrogen (secondary N) is 2. The van der Waals surface area contributed by atoms with E-state index in [-0.39, 0.29) is 0 Å². The number of aromatic nitrogens is 3. The Balaban J connectivity index is 1.54. The van der Waals surface area contributed by atoms with Gasteiger partial charge in [-0.1, -0.05) is 26.0 Å². The van der Waals surface area contributed by atoms with Crippen molar-refractivity contribution in [3.05, 3.63) is 71.8 Å². The van der Waals surface area contributed by atoms with Gasteiger partial charge in [-0.2, -0.15) is 5.10 Å². The van der Waals surface area contributed by atoms with Gasteiger partial charge in [0.25, 0.3) is 11.8 Å². The van der Waals surface area contributed by atoms with E-state index in [1.165, 1.54) is 13.4 Å². The maximum absolute atomic E-state index is 12.5. The fraction of sp³-hybridized carbons (Fsp3) is 0.304. The predicted molar refractivity (Wildman–Crippen MR) is 118 cm³/mol. The lowest BCUT2D eigenvalue weighted by Gasteiger charge is -2.13. The van der Waals surface area contributed by atoms with E-state index >= 15 is 0 Å². The number of hydrogen-bond acceptors (Lipinski definition) is 6. The quantitative estimate of drug-likeness (QED) is 0.499. The average molecular weight is 438 g/mol. The van der Waals surface area contributed by atoms with Crippen molar-refractivity contribution in [2.75, 3.05) is 13.7 Å². The molecule has 3 rings (SSSR count). The Hall–Kier alpha value is -3.88. The van der Waals surface area contributed by atoms with Gasteiger partial charge in [0.05, 0.1) is 20.3 Å². The Morgan fingerprint density at radius 2 is 1.69 bits per heavy atom. The third kappa shape index (κ3) is 6.31. The van der Waals surface area contributed by atoms with Gasteiger partial charge >= 0.3 is 0 Å². The minimum Gasteiger partial charge on any atom is -0.493 e. The first-order valence-electron chi connectivity index (χ1n) is 10.3. The number of amides is 2. The molecule has 0 bridgehead atoms. The number of nitrogens with zero attached hydrogens (tertiary/aromatic N) is 3. The van der Waals surface area contributed by atoms with Gasteiger partial charge in [-0.3, -0.25) is 20.4 Å². The summed E-state index contributed by atoms with van der Waals surface area (Å²) in [6, 6.07) is 11.9. The zero-order chi connectivity index (χ0) is 22.9. The number of hydrazine groups is 1. The van der Waals surface area contributed by atoms with Crippen molar-refractivity contribution < 1.29 is 19.1 Å². The normalized spacial score (nSPS) is 10.6. The second-order valence-corrected chi connectivity index (χ2v) is 7.59. The van der Waals surface area contributed by atoms with Crippen LogP contribution in [0.3, 0.4) is 0 Å². The van der Waals surface area contributed by atoms with Crippen molar-refractivity contribution in [3.8, 4) is 11.5 Å². The van der Waals surface area contributed by atoms with Crippen LogP contribution in [0.25, 0.3) is 0 Å². The van der Waals surface area contributed by atoms with Crippen molar-refractivity contribution in [2.45, 2.75) is 26.8 Å². The van der Waals surface area contributed by atoms with Gasteiger partial charge in [-0.05, 0) is 48.2 Å². The van der Waals surface area contributed by atoms with Crippen molar-refractivity contribution in [1.82, 2.24) is 25.6 Å². The predicted octanol–water partition coefficient (Wildman–Crippen LogP) is 2.83. The van der Waals surface area contributed by atoms with E-state index in [0.29, 0.717) is 41.7 Å². The molecule has 0 fully saturated rings. The van der Waals surface area contributed by atoms with Gasteiger partial charge in [0, 0.05) is 11.1 Å². The third-order valence-electron chi connectivity index (χ3n) is 4.70. The summed E-state index contributed by atoms with van der Waals surface area (Å²) >= 11 is 0. The van der Waals surface area contributed by atoms with Crippen molar-refractivity contribution >= 4 is 11.8 Å². The summed E-state index contributed by atoms with van der Waals surface area (Å²) < 4.78 is 12.8. The Labute approximate surface area is 186 Å². The van der Waals surface area contributed by atoms with Crippen LogP contribution in [0, 0.1) is 5.92 Å². The molecule has 168 valence electrons. The zero-order valence-corrected chi connectivity index (χ0v) is 18.4. The molecule has 0 saturated carbocycles. The minimum atomic E-state index is -0.465. The number of ether oxygens (including phenoxy) is 2. The monoisotopic (exact) mass is 437 g/mol. The third-order valence-corrected chi connectivity index (χ3v) is 4.70. The number of hydrogen-bond donors (Lipinski definition) is 2. The number of methoxy groups -OCH3 is 1. The summed E-state index contributed by atoms with van der Waals surface area (Å²) in [4.78, 5) is 28.7. The fourth-order valence-corrected chi connectivity index (χ4v) is 2.85. The molecule has 0 aliphatic carbocycles. The van der Waals surface area contributed by atoms with Crippen LogP contribution < -0.4 is 20.3 Å². The first kappa shape index (κ1) is 22.8. The Morgan fingerprint density at radius 1 is 1.00 bits per heavy atom. The zero-order valence-electron chi connectivity index (χ0n) is 18.4. The molecule has 0 spiro atoms. The smallest absolute Gasteiger partial charge is 0.269 e. The molecular weight excluding hydrogens is 410 g/mol. The fourth-order valence-electron chi connectivity index (χ4n) is 2.85. The highest BCUT2D eigenvalue weighted by Gasteiger charge is 2.13. The molecule has 0 aliphatic rings. The lowest BCUT2D eigenvalue weighted by Crippen LogP contribution is -2.41. The van der Waals surface area contributed by atoms with Gasteiger partial charge in [0.2, 0.25) is 0 Å².